The predicted octanol–water partition coefficient (Wildman–Crippen LogP) is -5.23. The molecule has 35 heteroatoms. The molecular formula is C57H98N20O15. The Balaban J connectivity index is 3.53. The fraction of sp³-hybridized carbons (Fsp3) is 0.632. The van der Waals surface area contributed by atoms with Crippen molar-refractivity contribution in [1.29, 1.82) is 0 Å². The van der Waals surface area contributed by atoms with Crippen LogP contribution in [0.5, 0.6) is 5.75 Å². The van der Waals surface area contributed by atoms with Crippen molar-refractivity contribution < 1.29 is 72.9 Å². The molecule has 0 aromatic heterocycles. The number of nitrogens with one attached hydrogen (secondary N) is 9. The summed E-state index contributed by atoms with van der Waals surface area (Å²) >= 11 is 0. The molecule has 516 valence electrons. The Bertz CT molecular complexity index is 2740. The lowest BCUT2D eigenvalue weighted by molar-refractivity contribution is -0.142. The number of benzene rings is 1. The highest BCUT2D eigenvalue weighted by molar-refractivity contribution is 5.99. The van der Waals surface area contributed by atoms with Gasteiger partial charge in [0, 0.05) is 32.5 Å². The Morgan fingerprint density at radius 3 is 1.26 bits per heavy atom. The van der Waals surface area contributed by atoms with Crippen molar-refractivity contribution in [2.75, 3.05) is 19.6 Å². The molecule has 0 saturated carbocycles. The van der Waals surface area contributed by atoms with Crippen LogP contribution in [0.1, 0.15) is 131 Å². The van der Waals surface area contributed by atoms with Gasteiger partial charge in [0.1, 0.15) is 60.1 Å². The average Bonchev–Trinajstić information content (AvgIpc) is 0.915. The second kappa shape index (κ2) is 41.7. The molecule has 28 N–H and O–H groups in total. The highest BCUT2D eigenvalue weighted by atomic mass is 16.4. The molecule has 11 unspecified atom stereocenters. The van der Waals surface area contributed by atoms with Crippen molar-refractivity contribution in [2.24, 2.45) is 78.6 Å². The van der Waals surface area contributed by atoms with Gasteiger partial charge in [0.2, 0.25) is 59.1 Å². The number of carboxylic acids is 2. The molecule has 0 heterocycles. The normalized spacial score (nSPS) is 14.6. The van der Waals surface area contributed by atoms with Gasteiger partial charge in [-0.2, -0.15) is 0 Å². The SMILES string of the molecule is CCC(C)C(NC(=O)C(CCCN=C(N)N)NC(=O)C(CC(C)C)NC(=O)C(CC(N)=O)NC(=O)C(CCC(=O)O)NC(=O)C(N)CCCN=C(N)N)C(=O)NC(C)C(=O)NC(CC(C)C)C(=O)NC(CCCN=C(N)N)C(=O)NC(Cc1ccc(O)cc1)C(=O)O. The summed E-state index contributed by atoms with van der Waals surface area (Å²) in [6.07, 6.45) is -1.65. The molecule has 0 radical (unpaired) electrons. The Kier molecular flexibility index (Phi) is 36.4. The zero-order valence-corrected chi connectivity index (χ0v) is 53.3. The number of nitrogens with zero attached hydrogens (tertiary/aromatic N) is 3. The molecular weight excluding hydrogens is 1200 g/mol. The number of carboxylic acid groups (broad SMARTS) is 2. The Labute approximate surface area is 534 Å². The third-order valence-electron chi connectivity index (χ3n) is 14.0. The number of carbonyl (C=O) groups excluding carboxylic acids is 10. The molecule has 0 aliphatic carbocycles. The average molecular weight is 1300 g/mol. The number of hydrogen-bond donors (Lipinski definition) is 20. The van der Waals surface area contributed by atoms with Crippen molar-refractivity contribution in [3.05, 3.63) is 29.8 Å². The smallest absolute Gasteiger partial charge is 0.326 e. The number of primary amides is 1. The maximum absolute atomic E-state index is 14.4. The van der Waals surface area contributed by atoms with E-state index in [1.54, 1.807) is 41.5 Å². The molecule has 0 bridgehead atoms. The molecule has 0 aliphatic heterocycles. The van der Waals surface area contributed by atoms with Crippen molar-refractivity contribution in [3.63, 3.8) is 0 Å². The fourth-order valence-electron chi connectivity index (χ4n) is 8.88. The van der Waals surface area contributed by atoms with Crippen molar-refractivity contribution in [3.8, 4) is 5.75 Å². The number of phenolic OH excluding ortho intramolecular Hbond substituents is 1. The molecule has 35 nitrogen and oxygen atoms in total. The van der Waals surface area contributed by atoms with Crippen molar-refractivity contribution in [1.82, 2.24) is 47.9 Å². The molecule has 1 aromatic carbocycles. The van der Waals surface area contributed by atoms with Gasteiger partial charge in [-0.1, -0.05) is 60.1 Å². The number of aliphatic carboxylic acids is 2. The minimum Gasteiger partial charge on any atom is -0.508 e. The molecule has 11 atom stereocenters. The molecule has 0 fully saturated rings. The second-order valence-electron chi connectivity index (χ2n) is 23.1. The largest absolute Gasteiger partial charge is 0.508 e. The number of guanidine groups is 3. The van der Waals surface area contributed by atoms with Crippen LogP contribution >= 0.6 is 0 Å². The lowest BCUT2D eigenvalue weighted by Gasteiger charge is -2.29. The van der Waals surface area contributed by atoms with Crippen molar-refractivity contribution >= 4 is 88.9 Å². The van der Waals surface area contributed by atoms with E-state index in [1.807, 2.05) is 0 Å². The molecule has 1 rings (SSSR count). The lowest BCUT2D eigenvalue weighted by atomic mass is 9.97. The predicted molar refractivity (Wildman–Crippen MR) is 339 cm³/mol. The summed E-state index contributed by atoms with van der Waals surface area (Å²) in [6, 6.07) is -8.81. The zero-order valence-electron chi connectivity index (χ0n) is 53.3. The van der Waals surface area contributed by atoms with Gasteiger partial charge in [-0.25, -0.2) is 4.79 Å². The maximum Gasteiger partial charge on any atom is 0.326 e. The van der Waals surface area contributed by atoms with Crippen LogP contribution in [-0.2, 0) is 64.0 Å². The molecule has 1 aromatic rings. The summed E-state index contributed by atoms with van der Waals surface area (Å²) in [5, 5.41) is 51.8. The number of carbonyl (C=O) groups is 12. The minimum atomic E-state index is -1.80. The molecule has 0 aliphatic rings. The van der Waals surface area contributed by atoms with E-state index < -0.39 is 157 Å². The number of hydrogen-bond acceptors (Lipinski definition) is 17. The number of amides is 10. The van der Waals surface area contributed by atoms with Crippen LogP contribution in [0, 0.1) is 17.8 Å². The summed E-state index contributed by atoms with van der Waals surface area (Å²) in [5.41, 5.74) is 44.6. The quantitative estimate of drug-likeness (QED) is 0.0165. The van der Waals surface area contributed by atoms with E-state index >= 15 is 0 Å². The number of nitrogens with two attached hydrogens (primary N) is 8. The van der Waals surface area contributed by atoms with Crippen LogP contribution in [0.25, 0.3) is 0 Å². The standard InChI is InChI=1S/C57H98N20O15/c1-8-30(6)44(53(90)69-31(7)45(82)73-38(24-28(2)3)50(87)71-35(13-10-22-67-56(62)63)47(84)76-41(54(91)92)26-32-15-17-33(78)18-16-32)77-49(86)36(14-11-23-68-57(64)65)72-51(88)39(25-29(4)5)74-52(89)40(27-42(59)79)75-48(85)37(19-20-43(80)81)70-46(83)34(58)12-9-21-66-55(60)61/h15-18,28-31,34-41,44,78H,8-14,19-27,58H2,1-7H3,(H2,59,79)(H,69,90)(H,70,83)(H,71,87)(H,72,88)(H,73,82)(H,74,89)(H,75,85)(H,76,84)(H,77,86)(H,80,81)(H,91,92)(H4,60,61,66)(H4,62,63,67)(H4,64,65,68). The van der Waals surface area contributed by atoms with E-state index in [0.717, 1.165) is 0 Å². The van der Waals surface area contributed by atoms with E-state index in [-0.39, 0.29) is 119 Å². The van der Waals surface area contributed by atoms with Crippen LogP contribution in [-0.4, -0.2) is 184 Å². The fourth-order valence-corrected chi connectivity index (χ4v) is 8.88. The first-order chi connectivity index (χ1) is 43.0. The van der Waals surface area contributed by atoms with Gasteiger partial charge in [0.15, 0.2) is 17.9 Å². The number of rotatable bonds is 44. The number of phenols is 1. The van der Waals surface area contributed by atoms with E-state index in [2.05, 4.69) is 62.8 Å². The van der Waals surface area contributed by atoms with Gasteiger partial charge < -0.3 is 109 Å². The molecule has 0 spiro atoms. The van der Waals surface area contributed by atoms with Crippen LogP contribution in [0.4, 0.5) is 0 Å². The first-order valence-electron chi connectivity index (χ1n) is 30.2. The van der Waals surface area contributed by atoms with E-state index in [0.29, 0.717) is 5.56 Å². The van der Waals surface area contributed by atoms with E-state index in [9.17, 15) is 72.9 Å². The van der Waals surface area contributed by atoms with Crippen molar-refractivity contribution in [2.45, 2.75) is 192 Å². The van der Waals surface area contributed by atoms with Crippen LogP contribution < -0.4 is 93.7 Å². The van der Waals surface area contributed by atoms with Gasteiger partial charge in [0.25, 0.3) is 0 Å². The van der Waals surface area contributed by atoms with Gasteiger partial charge in [-0.3, -0.25) is 67.7 Å². The lowest BCUT2D eigenvalue weighted by Crippen LogP contribution is -2.61. The Hall–Kier alpha value is -9.57. The highest BCUT2D eigenvalue weighted by Crippen LogP contribution is 2.15. The maximum atomic E-state index is 14.4. The Morgan fingerprint density at radius 1 is 0.457 bits per heavy atom. The highest BCUT2D eigenvalue weighted by Gasteiger charge is 2.37. The van der Waals surface area contributed by atoms with E-state index in [4.69, 9.17) is 45.9 Å². The summed E-state index contributed by atoms with van der Waals surface area (Å²) in [6.45, 7) is 11.7. The van der Waals surface area contributed by atoms with Gasteiger partial charge in [-0.15, -0.1) is 0 Å². The first-order valence-corrected chi connectivity index (χ1v) is 30.2. The summed E-state index contributed by atoms with van der Waals surface area (Å²) in [5.74, 6) is -14.1. The monoisotopic (exact) mass is 1300 g/mol. The zero-order chi connectivity index (χ0) is 69.9. The van der Waals surface area contributed by atoms with E-state index in [1.165, 1.54) is 31.2 Å². The molecule has 0 saturated heterocycles. The van der Waals surface area contributed by atoms with Crippen LogP contribution in [0.2, 0.25) is 0 Å². The van der Waals surface area contributed by atoms with Gasteiger partial charge >= 0.3 is 11.9 Å². The first kappa shape index (κ1) is 80.4. The number of aliphatic imine (C=N–C) groups is 3. The minimum absolute atomic E-state index is 0.0202. The third-order valence-corrected chi connectivity index (χ3v) is 14.0. The van der Waals surface area contributed by atoms with Crippen LogP contribution in [0.3, 0.4) is 0 Å². The van der Waals surface area contributed by atoms with Crippen LogP contribution in [0.15, 0.2) is 39.2 Å². The third kappa shape index (κ3) is 32.8. The number of aromatic hydroxyl groups is 1. The molecule has 10 amide bonds. The summed E-state index contributed by atoms with van der Waals surface area (Å²) in [7, 11) is 0. The molecule has 92 heavy (non-hydrogen) atoms. The topological polar surface area (TPSA) is 619 Å². The van der Waals surface area contributed by atoms with Gasteiger partial charge in [-0.05, 0) is 100 Å². The summed E-state index contributed by atoms with van der Waals surface area (Å²) in [4.78, 5) is 174. The van der Waals surface area contributed by atoms with Gasteiger partial charge in [0.05, 0.1) is 12.5 Å². The Morgan fingerprint density at radius 2 is 0.837 bits per heavy atom. The summed E-state index contributed by atoms with van der Waals surface area (Å²) < 4.78 is 0. The second-order valence-corrected chi connectivity index (χ2v) is 23.1.